The van der Waals surface area contributed by atoms with Gasteiger partial charge in [0.1, 0.15) is 6.26 Å². The molecule has 2 aromatic heterocycles. The standard InChI is InChI=1S/C25H24ClN5O2S/c1-17-11-13-30(14-12-17)24(32)21-15-33-22(27-21)16-34-25-29-28-23(19-9-5-6-10-20(19)26)31(25)18-7-3-2-4-8-18/h2-10,15,17H,11-14,16H2,1H3. The van der Waals surface area contributed by atoms with E-state index in [0.29, 0.717) is 39.3 Å². The third-order valence-electron chi connectivity index (χ3n) is 5.93. The van der Waals surface area contributed by atoms with E-state index in [4.69, 9.17) is 16.0 Å². The Morgan fingerprint density at radius 1 is 1.09 bits per heavy atom. The van der Waals surface area contributed by atoms with Crippen LogP contribution in [0.15, 0.2) is 70.4 Å². The van der Waals surface area contributed by atoms with Gasteiger partial charge in [-0.15, -0.1) is 10.2 Å². The van der Waals surface area contributed by atoms with Gasteiger partial charge in [0, 0.05) is 24.3 Å². The van der Waals surface area contributed by atoms with Crippen LogP contribution >= 0.6 is 23.4 Å². The van der Waals surface area contributed by atoms with Gasteiger partial charge in [-0.25, -0.2) is 4.98 Å². The Morgan fingerprint density at radius 2 is 1.82 bits per heavy atom. The van der Waals surface area contributed by atoms with Gasteiger partial charge in [-0.3, -0.25) is 9.36 Å². The molecule has 0 atom stereocenters. The number of carbonyl (C=O) groups is 1. The first kappa shape index (κ1) is 22.7. The molecule has 0 spiro atoms. The van der Waals surface area contributed by atoms with Gasteiger partial charge in [0.15, 0.2) is 16.7 Å². The molecule has 0 bridgehead atoms. The second-order valence-electron chi connectivity index (χ2n) is 8.35. The summed E-state index contributed by atoms with van der Waals surface area (Å²) in [5.74, 6) is 2.13. The van der Waals surface area contributed by atoms with E-state index < -0.39 is 0 Å². The number of likely N-dealkylation sites (tertiary alicyclic amines) is 1. The predicted molar refractivity (Wildman–Crippen MR) is 132 cm³/mol. The first-order valence-corrected chi connectivity index (χ1v) is 12.6. The normalized spacial score (nSPS) is 14.5. The number of oxazole rings is 1. The van der Waals surface area contributed by atoms with Crippen molar-refractivity contribution in [3.63, 3.8) is 0 Å². The number of thioether (sulfide) groups is 1. The van der Waals surface area contributed by atoms with Gasteiger partial charge in [-0.2, -0.15) is 0 Å². The van der Waals surface area contributed by atoms with Crippen molar-refractivity contribution in [1.29, 1.82) is 0 Å². The maximum Gasteiger partial charge on any atom is 0.275 e. The number of para-hydroxylation sites is 1. The molecule has 9 heteroatoms. The van der Waals surface area contributed by atoms with E-state index in [1.165, 1.54) is 18.0 Å². The van der Waals surface area contributed by atoms with Crippen molar-refractivity contribution in [3.05, 3.63) is 77.5 Å². The van der Waals surface area contributed by atoms with Crippen molar-refractivity contribution in [1.82, 2.24) is 24.6 Å². The molecule has 0 radical (unpaired) electrons. The smallest absolute Gasteiger partial charge is 0.275 e. The van der Waals surface area contributed by atoms with E-state index in [0.717, 1.165) is 37.2 Å². The molecule has 0 saturated carbocycles. The zero-order valence-electron chi connectivity index (χ0n) is 18.7. The van der Waals surface area contributed by atoms with E-state index in [1.807, 2.05) is 64.1 Å². The second-order valence-corrected chi connectivity index (χ2v) is 9.70. The Kier molecular flexibility index (Phi) is 6.69. The Labute approximate surface area is 207 Å². The Morgan fingerprint density at radius 3 is 2.59 bits per heavy atom. The number of aromatic nitrogens is 4. The number of amides is 1. The first-order chi connectivity index (χ1) is 16.6. The van der Waals surface area contributed by atoms with E-state index in [-0.39, 0.29) is 5.91 Å². The quantitative estimate of drug-likeness (QED) is 0.319. The summed E-state index contributed by atoms with van der Waals surface area (Å²) in [4.78, 5) is 19.1. The van der Waals surface area contributed by atoms with Crippen molar-refractivity contribution >= 4 is 29.3 Å². The molecule has 0 N–H and O–H groups in total. The number of nitrogens with zero attached hydrogens (tertiary/aromatic N) is 5. The van der Waals surface area contributed by atoms with E-state index in [1.54, 1.807) is 0 Å². The first-order valence-electron chi connectivity index (χ1n) is 11.2. The molecule has 1 saturated heterocycles. The van der Waals surface area contributed by atoms with E-state index >= 15 is 0 Å². The minimum atomic E-state index is -0.0691. The van der Waals surface area contributed by atoms with Crippen LogP contribution in [0.25, 0.3) is 17.1 Å². The zero-order chi connectivity index (χ0) is 23.5. The fourth-order valence-electron chi connectivity index (χ4n) is 3.97. The number of hydrogen-bond donors (Lipinski definition) is 0. The van der Waals surface area contributed by atoms with Gasteiger partial charge >= 0.3 is 0 Å². The SMILES string of the molecule is CC1CCN(C(=O)c2coc(CSc3nnc(-c4ccccc4Cl)n3-c3ccccc3)n2)CC1. The van der Waals surface area contributed by atoms with Gasteiger partial charge in [0.05, 0.1) is 10.8 Å². The molecule has 0 aliphatic carbocycles. The third-order valence-corrected chi connectivity index (χ3v) is 7.17. The van der Waals surface area contributed by atoms with Gasteiger partial charge in [0.25, 0.3) is 5.91 Å². The summed E-state index contributed by atoms with van der Waals surface area (Å²) in [6, 6.07) is 17.5. The predicted octanol–water partition coefficient (Wildman–Crippen LogP) is 5.74. The molecule has 1 amide bonds. The summed E-state index contributed by atoms with van der Waals surface area (Å²) in [7, 11) is 0. The molecule has 5 rings (SSSR count). The number of rotatable bonds is 6. The highest BCUT2D eigenvalue weighted by atomic mass is 35.5. The molecule has 0 unspecified atom stereocenters. The molecule has 1 aliphatic heterocycles. The van der Waals surface area contributed by atoms with Gasteiger partial charge in [-0.1, -0.05) is 60.6 Å². The lowest BCUT2D eigenvalue weighted by atomic mass is 9.99. The summed E-state index contributed by atoms with van der Waals surface area (Å²) < 4.78 is 7.59. The van der Waals surface area contributed by atoms with Crippen molar-refractivity contribution in [2.45, 2.75) is 30.7 Å². The van der Waals surface area contributed by atoms with Crippen LogP contribution in [0.5, 0.6) is 0 Å². The second kappa shape index (κ2) is 10.0. The molecule has 1 fully saturated rings. The summed E-state index contributed by atoms with van der Waals surface area (Å²) >= 11 is 7.90. The minimum absolute atomic E-state index is 0.0691. The topological polar surface area (TPSA) is 77.0 Å². The van der Waals surface area contributed by atoms with Gasteiger partial charge in [-0.05, 0) is 43.0 Å². The average molecular weight is 494 g/mol. The summed E-state index contributed by atoms with van der Waals surface area (Å²) in [6.45, 7) is 3.75. The highest BCUT2D eigenvalue weighted by Gasteiger charge is 2.24. The highest BCUT2D eigenvalue weighted by Crippen LogP contribution is 2.33. The molecule has 3 heterocycles. The van der Waals surface area contributed by atoms with Crippen LogP contribution in [-0.2, 0) is 5.75 Å². The molecular weight excluding hydrogens is 470 g/mol. The van der Waals surface area contributed by atoms with Crippen LogP contribution in [0, 0.1) is 5.92 Å². The van der Waals surface area contributed by atoms with Crippen LogP contribution < -0.4 is 0 Å². The van der Waals surface area contributed by atoms with Crippen molar-refractivity contribution in [2.24, 2.45) is 5.92 Å². The summed E-state index contributed by atoms with van der Waals surface area (Å²) in [6.07, 6.45) is 3.50. The van der Waals surface area contributed by atoms with Gasteiger partial charge < -0.3 is 9.32 Å². The fourth-order valence-corrected chi connectivity index (χ4v) is 4.99. The van der Waals surface area contributed by atoms with Crippen molar-refractivity contribution in [2.75, 3.05) is 13.1 Å². The number of halogens is 1. The van der Waals surface area contributed by atoms with E-state index in [9.17, 15) is 4.79 Å². The van der Waals surface area contributed by atoms with Crippen LogP contribution in [0.3, 0.4) is 0 Å². The fraction of sp³-hybridized carbons (Fsp3) is 0.280. The van der Waals surface area contributed by atoms with Crippen LogP contribution in [-0.4, -0.2) is 43.6 Å². The van der Waals surface area contributed by atoms with Crippen LogP contribution in [0.2, 0.25) is 5.02 Å². The molecule has 34 heavy (non-hydrogen) atoms. The lowest BCUT2D eigenvalue weighted by Gasteiger charge is -2.29. The largest absolute Gasteiger partial charge is 0.447 e. The summed E-state index contributed by atoms with van der Waals surface area (Å²) in [5, 5.41) is 10.1. The molecule has 7 nitrogen and oxygen atoms in total. The Balaban J connectivity index is 1.37. The van der Waals surface area contributed by atoms with Crippen molar-refractivity contribution < 1.29 is 9.21 Å². The molecule has 1 aliphatic rings. The number of piperidine rings is 1. The monoisotopic (exact) mass is 493 g/mol. The molecule has 174 valence electrons. The van der Waals surface area contributed by atoms with E-state index in [2.05, 4.69) is 22.1 Å². The maximum absolute atomic E-state index is 12.8. The molecule has 4 aromatic rings. The zero-order valence-corrected chi connectivity index (χ0v) is 20.3. The number of benzene rings is 2. The molecule has 2 aromatic carbocycles. The lowest BCUT2D eigenvalue weighted by Crippen LogP contribution is -2.38. The summed E-state index contributed by atoms with van der Waals surface area (Å²) in [5.41, 5.74) is 2.08. The number of hydrogen-bond acceptors (Lipinski definition) is 6. The lowest BCUT2D eigenvalue weighted by molar-refractivity contribution is 0.0691. The third kappa shape index (κ3) is 4.74. The van der Waals surface area contributed by atoms with Crippen LogP contribution in [0.1, 0.15) is 36.1 Å². The van der Waals surface area contributed by atoms with Crippen molar-refractivity contribution in [3.8, 4) is 17.1 Å². The average Bonchev–Trinajstić information content (AvgIpc) is 3.51. The maximum atomic E-state index is 12.8. The molecular formula is C25H24ClN5O2S. The van der Waals surface area contributed by atoms with Gasteiger partial charge in [0.2, 0.25) is 5.89 Å². The highest BCUT2D eigenvalue weighted by molar-refractivity contribution is 7.98. The Bertz CT molecular complexity index is 1280. The minimum Gasteiger partial charge on any atom is -0.447 e. The Hall–Kier alpha value is -3.10. The number of carbonyl (C=O) groups excluding carboxylic acids is 1. The van der Waals surface area contributed by atoms with Crippen LogP contribution in [0.4, 0.5) is 0 Å².